The van der Waals surface area contributed by atoms with Crippen LogP contribution in [-0.2, 0) is 11.8 Å². The van der Waals surface area contributed by atoms with E-state index >= 15 is 0 Å². The Hall–Kier alpha value is -1.43. The molecule has 0 spiro atoms. The van der Waals surface area contributed by atoms with Crippen molar-refractivity contribution >= 4 is 6.29 Å². The number of halogens is 3. The maximum Gasteiger partial charge on any atom is 0.418 e. The maximum absolute atomic E-state index is 12.5. The molecular weight excluding hydrogens is 223 g/mol. The largest absolute Gasteiger partial charge is 0.418 e. The summed E-state index contributed by atoms with van der Waals surface area (Å²) in [4.78, 5) is 13.8. The van der Waals surface area contributed by atoms with Crippen LogP contribution in [0.2, 0.25) is 0 Å². The summed E-state index contributed by atoms with van der Waals surface area (Å²) in [5.41, 5.74) is -3.25. The number of alkyl halides is 3. The van der Waals surface area contributed by atoms with Crippen LogP contribution < -0.4 is 0 Å². The van der Waals surface area contributed by atoms with E-state index in [1.807, 2.05) is 0 Å². The predicted molar refractivity (Wildman–Crippen MR) is 49.9 cm³/mol. The molecule has 0 saturated carbocycles. The van der Waals surface area contributed by atoms with Crippen molar-refractivity contribution in [1.82, 2.24) is 4.98 Å². The van der Waals surface area contributed by atoms with Crippen LogP contribution in [0.4, 0.5) is 13.2 Å². The Morgan fingerprint density at radius 3 is 2.31 bits per heavy atom. The lowest BCUT2D eigenvalue weighted by molar-refractivity contribution is -0.138. The highest BCUT2D eigenvalue weighted by molar-refractivity contribution is 5.74. The van der Waals surface area contributed by atoms with Gasteiger partial charge in [-0.15, -0.1) is 0 Å². The van der Waals surface area contributed by atoms with Gasteiger partial charge in [0.1, 0.15) is 5.69 Å². The van der Waals surface area contributed by atoms with Crippen molar-refractivity contribution in [2.24, 2.45) is 0 Å². The molecule has 0 aliphatic carbocycles. The number of carbonyl (C=O) groups is 1. The Bertz CT molecular complexity index is 408. The molecule has 0 aromatic carbocycles. The first-order chi connectivity index (χ1) is 7.16. The fourth-order valence-corrected chi connectivity index (χ4v) is 1.13. The normalized spacial score (nSPS) is 12.6. The molecule has 6 heteroatoms. The molecule has 1 aromatic heterocycles. The van der Waals surface area contributed by atoms with Crippen LogP contribution >= 0.6 is 0 Å². The smallest absolute Gasteiger partial charge is 0.386 e. The summed E-state index contributed by atoms with van der Waals surface area (Å²) in [6, 6.07) is 0.733. The minimum absolute atomic E-state index is 0.00502. The fraction of sp³-hybridized carbons (Fsp3) is 0.400. The molecule has 1 heterocycles. The molecular formula is C10H10F3NO2. The third kappa shape index (κ3) is 2.57. The van der Waals surface area contributed by atoms with Crippen molar-refractivity contribution in [2.45, 2.75) is 25.6 Å². The minimum Gasteiger partial charge on any atom is -0.386 e. The minimum atomic E-state index is -4.66. The number of hydrogen-bond acceptors (Lipinski definition) is 3. The van der Waals surface area contributed by atoms with Crippen LogP contribution in [-0.4, -0.2) is 16.4 Å². The average Bonchev–Trinajstić information content (AvgIpc) is 2.14. The van der Waals surface area contributed by atoms with Gasteiger partial charge < -0.3 is 5.11 Å². The van der Waals surface area contributed by atoms with E-state index in [-0.39, 0.29) is 11.8 Å². The van der Waals surface area contributed by atoms with Crippen molar-refractivity contribution in [3.63, 3.8) is 0 Å². The molecule has 16 heavy (non-hydrogen) atoms. The zero-order valence-corrected chi connectivity index (χ0v) is 8.67. The van der Waals surface area contributed by atoms with Gasteiger partial charge in [0.15, 0.2) is 6.29 Å². The fourth-order valence-electron chi connectivity index (χ4n) is 1.13. The van der Waals surface area contributed by atoms with Crippen LogP contribution in [0.15, 0.2) is 12.3 Å². The number of hydrogen-bond donors (Lipinski definition) is 1. The molecule has 0 bridgehead atoms. The molecule has 0 saturated heterocycles. The van der Waals surface area contributed by atoms with Crippen molar-refractivity contribution in [3.05, 3.63) is 29.1 Å². The van der Waals surface area contributed by atoms with Gasteiger partial charge in [-0.05, 0) is 19.9 Å². The second-order valence-electron chi connectivity index (χ2n) is 3.83. The van der Waals surface area contributed by atoms with Gasteiger partial charge >= 0.3 is 6.18 Å². The number of aldehydes is 1. The van der Waals surface area contributed by atoms with E-state index in [0.717, 1.165) is 12.3 Å². The summed E-state index contributed by atoms with van der Waals surface area (Å²) in [7, 11) is 0. The lowest BCUT2D eigenvalue weighted by atomic mass is 9.98. The van der Waals surface area contributed by atoms with Gasteiger partial charge in [-0.1, -0.05) is 0 Å². The first-order valence-corrected chi connectivity index (χ1v) is 4.41. The molecule has 3 nitrogen and oxygen atoms in total. The third-order valence-corrected chi connectivity index (χ3v) is 2.04. The number of aliphatic hydroxyl groups is 1. The summed E-state index contributed by atoms with van der Waals surface area (Å²) in [6.45, 7) is 2.68. The van der Waals surface area contributed by atoms with E-state index in [1.54, 1.807) is 0 Å². The van der Waals surface area contributed by atoms with E-state index < -0.39 is 23.0 Å². The Kier molecular flexibility index (Phi) is 3.05. The highest BCUT2D eigenvalue weighted by Crippen LogP contribution is 2.33. The zero-order chi connectivity index (χ0) is 12.6. The second-order valence-corrected chi connectivity index (χ2v) is 3.83. The van der Waals surface area contributed by atoms with E-state index in [2.05, 4.69) is 4.98 Å². The summed E-state index contributed by atoms with van der Waals surface area (Å²) >= 11 is 0. The lowest BCUT2D eigenvalue weighted by Crippen LogP contribution is -2.19. The number of nitrogens with zero attached hydrogens (tertiary/aromatic N) is 1. The highest BCUT2D eigenvalue weighted by Gasteiger charge is 2.35. The standard InChI is InChI=1S/C10H10F3NO2/c1-9(2,16)6-3-7(10(11,12)13)8(5-15)14-4-6/h3-5,16H,1-2H3. The SMILES string of the molecule is CC(C)(O)c1cnc(C=O)c(C(F)(F)F)c1. The van der Waals surface area contributed by atoms with Crippen molar-refractivity contribution < 1.29 is 23.1 Å². The van der Waals surface area contributed by atoms with Crippen LogP contribution in [0.1, 0.15) is 35.5 Å². The Balaban J connectivity index is 3.39. The maximum atomic E-state index is 12.5. The summed E-state index contributed by atoms with van der Waals surface area (Å²) in [6.07, 6.45) is -3.57. The summed E-state index contributed by atoms with van der Waals surface area (Å²) < 4.78 is 37.6. The predicted octanol–water partition coefficient (Wildman–Crippen LogP) is 2.14. The Morgan fingerprint density at radius 1 is 1.38 bits per heavy atom. The molecule has 1 N–H and O–H groups in total. The van der Waals surface area contributed by atoms with E-state index in [9.17, 15) is 23.1 Å². The molecule has 88 valence electrons. The molecule has 0 unspecified atom stereocenters. The van der Waals surface area contributed by atoms with E-state index in [0.29, 0.717) is 0 Å². The van der Waals surface area contributed by atoms with Gasteiger partial charge in [0.2, 0.25) is 0 Å². The number of pyridine rings is 1. The summed E-state index contributed by atoms with van der Waals surface area (Å²) in [5.74, 6) is 0. The average molecular weight is 233 g/mol. The second kappa shape index (κ2) is 3.86. The molecule has 0 fully saturated rings. The van der Waals surface area contributed by atoms with Crippen molar-refractivity contribution in [1.29, 1.82) is 0 Å². The van der Waals surface area contributed by atoms with Gasteiger partial charge in [-0.2, -0.15) is 13.2 Å². The summed E-state index contributed by atoms with van der Waals surface area (Å²) in [5, 5.41) is 9.55. The monoisotopic (exact) mass is 233 g/mol. The van der Waals surface area contributed by atoms with Crippen molar-refractivity contribution in [3.8, 4) is 0 Å². The lowest BCUT2D eigenvalue weighted by Gasteiger charge is -2.19. The van der Waals surface area contributed by atoms with E-state index in [4.69, 9.17) is 0 Å². The van der Waals surface area contributed by atoms with Gasteiger partial charge in [0.25, 0.3) is 0 Å². The molecule has 0 amide bonds. The number of rotatable bonds is 2. The highest BCUT2D eigenvalue weighted by atomic mass is 19.4. The molecule has 1 aromatic rings. The van der Waals surface area contributed by atoms with Crippen molar-refractivity contribution in [2.75, 3.05) is 0 Å². The van der Waals surface area contributed by atoms with Gasteiger partial charge in [0.05, 0.1) is 11.2 Å². The van der Waals surface area contributed by atoms with Crippen LogP contribution in [0.5, 0.6) is 0 Å². The quantitative estimate of drug-likeness (QED) is 0.796. The molecule has 0 atom stereocenters. The molecule has 0 aliphatic heterocycles. The third-order valence-electron chi connectivity index (χ3n) is 2.04. The van der Waals surface area contributed by atoms with Gasteiger partial charge in [0, 0.05) is 11.8 Å². The van der Waals surface area contributed by atoms with Gasteiger partial charge in [-0.3, -0.25) is 9.78 Å². The molecule has 1 rings (SSSR count). The Morgan fingerprint density at radius 2 is 1.94 bits per heavy atom. The first-order valence-electron chi connectivity index (χ1n) is 4.41. The van der Waals surface area contributed by atoms with Crippen LogP contribution in [0, 0.1) is 0 Å². The number of aromatic nitrogens is 1. The van der Waals surface area contributed by atoms with Crippen LogP contribution in [0.3, 0.4) is 0 Å². The molecule has 0 aliphatic rings. The molecule has 0 radical (unpaired) electrons. The topological polar surface area (TPSA) is 50.2 Å². The van der Waals surface area contributed by atoms with Crippen LogP contribution in [0.25, 0.3) is 0 Å². The van der Waals surface area contributed by atoms with E-state index in [1.165, 1.54) is 13.8 Å². The zero-order valence-electron chi connectivity index (χ0n) is 8.67. The first kappa shape index (κ1) is 12.6. The Labute approximate surface area is 89.9 Å². The number of carbonyl (C=O) groups excluding carboxylic acids is 1. The van der Waals surface area contributed by atoms with Gasteiger partial charge in [-0.25, -0.2) is 0 Å².